The van der Waals surface area contributed by atoms with Crippen LogP contribution >= 0.6 is 11.8 Å². The van der Waals surface area contributed by atoms with Crippen LogP contribution in [0.4, 0.5) is 0 Å². The van der Waals surface area contributed by atoms with Crippen molar-refractivity contribution < 1.29 is 9.84 Å². The summed E-state index contributed by atoms with van der Waals surface area (Å²) in [5, 5.41) is 15.4. The van der Waals surface area contributed by atoms with Crippen LogP contribution < -0.4 is 4.74 Å². The van der Waals surface area contributed by atoms with Crippen molar-refractivity contribution in [1.82, 2.24) is 9.78 Å². The van der Waals surface area contributed by atoms with Crippen molar-refractivity contribution in [2.24, 2.45) is 0 Å². The van der Waals surface area contributed by atoms with Crippen molar-refractivity contribution in [1.29, 1.82) is 0 Å². The summed E-state index contributed by atoms with van der Waals surface area (Å²) in [4.78, 5) is 0. The highest BCUT2D eigenvalue weighted by atomic mass is 32.2. The van der Waals surface area contributed by atoms with Crippen LogP contribution in [0.1, 0.15) is 32.4 Å². The van der Waals surface area contributed by atoms with E-state index in [2.05, 4.69) is 18.9 Å². The molecule has 0 spiro atoms. The van der Waals surface area contributed by atoms with Gasteiger partial charge in [-0.15, -0.1) is 0 Å². The smallest absolute Gasteiger partial charge is 0.162 e. The Labute approximate surface area is 106 Å². The predicted molar refractivity (Wildman–Crippen MR) is 69.5 cm³/mol. The first-order chi connectivity index (χ1) is 8.13. The van der Waals surface area contributed by atoms with Crippen LogP contribution in [0, 0.1) is 0 Å². The number of rotatable bonds is 4. The minimum atomic E-state index is -0.804. The maximum Gasteiger partial charge on any atom is 0.162 e. The minimum absolute atomic E-state index is 0.184. The molecule has 96 valence electrons. The fraction of sp³-hybridized carbons (Fsp3) is 0.750. The van der Waals surface area contributed by atoms with Gasteiger partial charge in [0.1, 0.15) is 11.3 Å². The summed E-state index contributed by atoms with van der Waals surface area (Å²) in [7, 11) is 1.63. The standard InChI is InChI=1S/C12H20N2O2S/c1-4-6-14-11(10(16-3)8-13-14)12(15)5-7-17-9(12)2/h8-9,15H,4-7H2,1-3H3. The zero-order valence-electron chi connectivity index (χ0n) is 10.6. The highest BCUT2D eigenvalue weighted by molar-refractivity contribution is 8.00. The number of hydrogen-bond donors (Lipinski definition) is 1. The number of thioether (sulfide) groups is 1. The highest BCUT2D eigenvalue weighted by Crippen LogP contribution is 2.45. The van der Waals surface area contributed by atoms with Gasteiger partial charge in [-0.2, -0.15) is 16.9 Å². The summed E-state index contributed by atoms with van der Waals surface area (Å²) in [5.74, 6) is 1.69. The van der Waals surface area contributed by atoms with Gasteiger partial charge in [0.2, 0.25) is 0 Å². The Morgan fingerprint density at radius 1 is 1.71 bits per heavy atom. The first-order valence-electron chi connectivity index (χ1n) is 6.07. The number of hydrogen-bond acceptors (Lipinski definition) is 4. The number of ether oxygens (including phenoxy) is 1. The zero-order chi connectivity index (χ0) is 12.5. The van der Waals surface area contributed by atoms with Crippen LogP contribution in [0.3, 0.4) is 0 Å². The SMILES string of the molecule is CCCn1ncc(OC)c1C1(O)CCSC1C. The van der Waals surface area contributed by atoms with Gasteiger partial charge in [0.25, 0.3) is 0 Å². The Bertz CT molecular complexity index is 394. The fourth-order valence-corrected chi connectivity index (χ4v) is 3.67. The monoisotopic (exact) mass is 256 g/mol. The van der Waals surface area contributed by atoms with Gasteiger partial charge in [-0.1, -0.05) is 13.8 Å². The van der Waals surface area contributed by atoms with E-state index in [9.17, 15) is 5.11 Å². The molecule has 0 radical (unpaired) electrons. The molecule has 1 aromatic rings. The topological polar surface area (TPSA) is 47.3 Å². The minimum Gasteiger partial charge on any atom is -0.493 e. The molecule has 0 amide bonds. The van der Waals surface area contributed by atoms with E-state index in [-0.39, 0.29) is 5.25 Å². The Kier molecular flexibility index (Phi) is 3.68. The molecule has 17 heavy (non-hydrogen) atoms. The molecule has 0 saturated carbocycles. The Morgan fingerprint density at radius 3 is 3.00 bits per heavy atom. The Morgan fingerprint density at radius 2 is 2.47 bits per heavy atom. The van der Waals surface area contributed by atoms with Gasteiger partial charge in [0.05, 0.1) is 13.3 Å². The second-order valence-corrected chi connectivity index (χ2v) is 5.92. The van der Waals surface area contributed by atoms with E-state index in [1.54, 1.807) is 25.1 Å². The molecular formula is C12H20N2O2S. The number of aromatic nitrogens is 2. The number of nitrogens with zero attached hydrogens (tertiary/aromatic N) is 2. The average molecular weight is 256 g/mol. The normalized spacial score (nSPS) is 28.6. The molecule has 1 fully saturated rings. The Hall–Kier alpha value is -0.680. The highest BCUT2D eigenvalue weighted by Gasteiger charge is 2.45. The second-order valence-electron chi connectivity index (χ2n) is 4.47. The summed E-state index contributed by atoms with van der Waals surface area (Å²) < 4.78 is 7.24. The molecule has 1 N–H and O–H groups in total. The van der Waals surface area contributed by atoms with Gasteiger partial charge < -0.3 is 9.84 Å². The van der Waals surface area contributed by atoms with Gasteiger partial charge in [-0.3, -0.25) is 4.68 Å². The van der Waals surface area contributed by atoms with Gasteiger partial charge in [0.15, 0.2) is 5.75 Å². The molecule has 2 atom stereocenters. The third-order valence-corrected chi connectivity index (χ3v) is 4.72. The summed E-state index contributed by atoms with van der Waals surface area (Å²) in [6, 6.07) is 0. The lowest BCUT2D eigenvalue weighted by Gasteiger charge is -2.28. The summed E-state index contributed by atoms with van der Waals surface area (Å²) in [6.07, 6.45) is 3.47. The van der Waals surface area contributed by atoms with Gasteiger partial charge in [-0.05, 0) is 18.6 Å². The van der Waals surface area contributed by atoms with Crippen LogP contribution in [0.25, 0.3) is 0 Å². The van der Waals surface area contributed by atoms with E-state index in [0.29, 0.717) is 5.75 Å². The molecule has 0 aromatic carbocycles. The third kappa shape index (κ3) is 2.06. The first-order valence-corrected chi connectivity index (χ1v) is 7.12. The van der Waals surface area contributed by atoms with E-state index in [0.717, 1.165) is 30.8 Å². The largest absolute Gasteiger partial charge is 0.493 e. The average Bonchev–Trinajstić information content (AvgIpc) is 2.85. The lowest BCUT2D eigenvalue weighted by molar-refractivity contribution is 0.0307. The first kappa shape index (κ1) is 12.8. The predicted octanol–water partition coefficient (Wildman–Crippen LogP) is 2.01. The van der Waals surface area contributed by atoms with Crippen LogP contribution in [-0.4, -0.2) is 33.0 Å². The molecule has 0 bridgehead atoms. The molecule has 2 unspecified atom stereocenters. The molecular weight excluding hydrogens is 236 g/mol. The lowest BCUT2D eigenvalue weighted by Crippen LogP contribution is -2.34. The van der Waals surface area contributed by atoms with Crippen molar-refractivity contribution in [3.63, 3.8) is 0 Å². The molecule has 5 heteroatoms. The van der Waals surface area contributed by atoms with E-state index >= 15 is 0 Å². The molecule has 1 aliphatic rings. The van der Waals surface area contributed by atoms with Crippen molar-refractivity contribution >= 4 is 11.8 Å². The van der Waals surface area contributed by atoms with E-state index in [1.165, 1.54) is 0 Å². The van der Waals surface area contributed by atoms with Crippen molar-refractivity contribution in [2.75, 3.05) is 12.9 Å². The van der Waals surface area contributed by atoms with E-state index < -0.39 is 5.60 Å². The summed E-state index contributed by atoms with van der Waals surface area (Å²) in [6.45, 7) is 4.99. The second kappa shape index (κ2) is 4.90. The third-order valence-electron chi connectivity index (χ3n) is 3.39. The van der Waals surface area contributed by atoms with E-state index in [1.807, 2.05) is 4.68 Å². The van der Waals surface area contributed by atoms with Crippen LogP contribution in [0.2, 0.25) is 0 Å². The van der Waals surface area contributed by atoms with Crippen molar-refractivity contribution in [2.45, 2.75) is 44.1 Å². The molecule has 1 saturated heterocycles. The summed E-state index contributed by atoms with van der Waals surface area (Å²) in [5.41, 5.74) is 0.0427. The van der Waals surface area contributed by atoms with Crippen LogP contribution in [0.15, 0.2) is 6.20 Å². The molecule has 1 aliphatic heterocycles. The molecule has 0 aliphatic carbocycles. The quantitative estimate of drug-likeness (QED) is 0.895. The maximum atomic E-state index is 10.9. The molecule has 4 nitrogen and oxygen atoms in total. The number of methoxy groups -OCH3 is 1. The number of aliphatic hydroxyl groups is 1. The number of aryl methyl sites for hydroxylation is 1. The Balaban J connectivity index is 2.44. The molecule has 2 heterocycles. The van der Waals surface area contributed by atoms with Crippen molar-refractivity contribution in [3.05, 3.63) is 11.9 Å². The zero-order valence-corrected chi connectivity index (χ0v) is 11.5. The van der Waals surface area contributed by atoms with E-state index in [4.69, 9.17) is 4.74 Å². The van der Waals surface area contributed by atoms with Crippen LogP contribution in [-0.2, 0) is 12.1 Å². The van der Waals surface area contributed by atoms with Crippen LogP contribution in [0.5, 0.6) is 5.75 Å². The lowest BCUT2D eigenvalue weighted by atomic mass is 9.92. The maximum absolute atomic E-state index is 10.9. The molecule has 1 aromatic heterocycles. The van der Waals surface area contributed by atoms with Gasteiger partial charge in [-0.25, -0.2) is 0 Å². The fourth-order valence-electron chi connectivity index (χ4n) is 2.38. The van der Waals surface area contributed by atoms with Gasteiger partial charge >= 0.3 is 0 Å². The summed E-state index contributed by atoms with van der Waals surface area (Å²) >= 11 is 1.80. The van der Waals surface area contributed by atoms with Gasteiger partial charge in [0, 0.05) is 11.8 Å². The molecule has 2 rings (SSSR count). The van der Waals surface area contributed by atoms with Crippen molar-refractivity contribution in [3.8, 4) is 5.75 Å².